The zero-order valence-corrected chi connectivity index (χ0v) is 19.5. The molecule has 1 saturated carbocycles. The Kier molecular flexibility index (Phi) is 6.88. The summed E-state index contributed by atoms with van der Waals surface area (Å²) in [6.07, 6.45) is -2.42. The van der Waals surface area contributed by atoms with Crippen LogP contribution in [-0.4, -0.2) is 67.3 Å². The lowest BCUT2D eigenvalue weighted by atomic mass is 10.2. The van der Waals surface area contributed by atoms with Gasteiger partial charge in [0, 0.05) is 18.4 Å². The van der Waals surface area contributed by atoms with E-state index in [0.29, 0.717) is 0 Å². The molecule has 2 aliphatic rings. The minimum atomic E-state index is -4.61. The number of anilines is 2. The van der Waals surface area contributed by atoms with E-state index < -0.39 is 57.6 Å². The summed E-state index contributed by atoms with van der Waals surface area (Å²) in [4.78, 5) is 22.5. The van der Waals surface area contributed by atoms with Gasteiger partial charge in [-0.05, 0) is 31.5 Å². The fraction of sp³-hybridized carbons (Fsp3) is 0.450. The SMILES string of the molecule is CCn1cc(S(=O)(=O)N2C[C@H](CNC(=O)[C@@H]3C[C@@H]3F)Oc3ccc(NC(=O)O)cc32)c(OC(F)F)n1. The zero-order chi connectivity index (χ0) is 26.2. The molecule has 0 spiro atoms. The van der Waals surface area contributed by atoms with Gasteiger partial charge in [0.1, 0.15) is 18.0 Å². The zero-order valence-electron chi connectivity index (χ0n) is 18.7. The van der Waals surface area contributed by atoms with E-state index in [1.54, 1.807) is 6.92 Å². The number of hydrogen-bond acceptors (Lipinski definition) is 7. The molecule has 2 heterocycles. The number of halogens is 3. The molecule has 1 fully saturated rings. The number of alkyl halides is 3. The van der Waals surface area contributed by atoms with Gasteiger partial charge in [0.05, 0.1) is 24.7 Å². The van der Waals surface area contributed by atoms with Crippen molar-refractivity contribution in [2.75, 3.05) is 22.7 Å². The van der Waals surface area contributed by atoms with Crippen molar-refractivity contribution in [3.8, 4) is 11.6 Å². The Hall–Kier alpha value is -3.69. The van der Waals surface area contributed by atoms with E-state index in [9.17, 15) is 31.2 Å². The number of aromatic nitrogens is 2. The van der Waals surface area contributed by atoms with Crippen LogP contribution in [0.5, 0.6) is 11.6 Å². The third-order valence-corrected chi connectivity index (χ3v) is 7.25. The number of amides is 2. The van der Waals surface area contributed by atoms with Crippen molar-refractivity contribution in [3.63, 3.8) is 0 Å². The quantitative estimate of drug-likeness (QED) is 0.443. The second kappa shape index (κ2) is 9.75. The van der Waals surface area contributed by atoms with E-state index in [0.717, 1.165) is 15.2 Å². The molecule has 16 heteroatoms. The average Bonchev–Trinajstić information content (AvgIpc) is 3.40. The Morgan fingerprint density at radius 3 is 2.69 bits per heavy atom. The number of carbonyl (C=O) groups excluding carboxylic acids is 1. The van der Waals surface area contributed by atoms with Gasteiger partial charge in [0.15, 0.2) is 4.90 Å². The van der Waals surface area contributed by atoms with Crippen LogP contribution >= 0.6 is 0 Å². The second-order valence-electron chi connectivity index (χ2n) is 8.02. The summed E-state index contributed by atoms with van der Waals surface area (Å²) in [6, 6.07) is 3.85. The lowest BCUT2D eigenvalue weighted by Crippen LogP contribution is -2.48. The second-order valence-corrected chi connectivity index (χ2v) is 9.86. The molecule has 1 aliphatic carbocycles. The predicted octanol–water partition coefficient (Wildman–Crippen LogP) is 2.02. The predicted molar refractivity (Wildman–Crippen MR) is 118 cm³/mol. The number of nitrogens with one attached hydrogen (secondary N) is 2. The Morgan fingerprint density at radius 2 is 2.08 bits per heavy atom. The lowest BCUT2D eigenvalue weighted by molar-refractivity contribution is -0.123. The molecule has 0 unspecified atom stereocenters. The fourth-order valence-corrected chi connectivity index (χ4v) is 5.20. The molecule has 1 aromatic carbocycles. The van der Waals surface area contributed by atoms with E-state index >= 15 is 0 Å². The molecule has 36 heavy (non-hydrogen) atoms. The number of sulfonamides is 1. The maximum Gasteiger partial charge on any atom is 0.409 e. The number of fused-ring (bicyclic) bond motifs is 1. The highest BCUT2D eigenvalue weighted by atomic mass is 32.2. The number of hydrogen-bond donors (Lipinski definition) is 3. The molecular weight excluding hydrogens is 511 g/mol. The van der Waals surface area contributed by atoms with Crippen molar-refractivity contribution in [2.45, 2.75) is 43.7 Å². The molecule has 2 aromatic rings. The van der Waals surface area contributed by atoms with Crippen LogP contribution in [0.4, 0.5) is 29.3 Å². The summed E-state index contributed by atoms with van der Waals surface area (Å²) >= 11 is 0. The van der Waals surface area contributed by atoms with Crippen molar-refractivity contribution >= 4 is 33.4 Å². The van der Waals surface area contributed by atoms with Crippen molar-refractivity contribution in [3.05, 3.63) is 24.4 Å². The number of benzene rings is 1. The van der Waals surface area contributed by atoms with Gasteiger partial charge in [-0.3, -0.25) is 19.1 Å². The third kappa shape index (κ3) is 5.27. The van der Waals surface area contributed by atoms with Gasteiger partial charge in [-0.2, -0.15) is 8.78 Å². The molecule has 3 N–H and O–H groups in total. The van der Waals surface area contributed by atoms with Gasteiger partial charge in [-0.25, -0.2) is 17.6 Å². The molecule has 2 amide bonds. The van der Waals surface area contributed by atoms with Crippen LogP contribution in [0, 0.1) is 5.92 Å². The van der Waals surface area contributed by atoms with Crippen LogP contribution < -0.4 is 24.4 Å². The van der Waals surface area contributed by atoms with Gasteiger partial charge >= 0.3 is 12.7 Å². The van der Waals surface area contributed by atoms with Crippen LogP contribution in [0.3, 0.4) is 0 Å². The number of aryl methyl sites for hydroxylation is 1. The summed E-state index contributed by atoms with van der Waals surface area (Å²) in [5.74, 6) is -2.09. The first-order chi connectivity index (χ1) is 17.0. The standard InChI is InChI=1S/C20H22F3N5O7S/c1-2-27-9-16(18(26-27)35-19(22)23)36(32,33)28-8-11(7-24-17(29)12-6-13(12)21)34-15-4-3-10(5-14(15)28)25-20(30)31/h3-5,9,11-13,19,25H,2,6-8H2,1H3,(H,24,29)(H,30,31)/t11-,12+,13-/m0/s1. The van der Waals surface area contributed by atoms with Crippen LogP contribution in [-0.2, 0) is 21.4 Å². The van der Waals surface area contributed by atoms with E-state index in [2.05, 4.69) is 20.5 Å². The van der Waals surface area contributed by atoms with Crippen LogP contribution in [0.15, 0.2) is 29.3 Å². The molecular formula is C20H22F3N5O7S. The van der Waals surface area contributed by atoms with E-state index in [1.165, 1.54) is 18.2 Å². The number of ether oxygens (including phenoxy) is 2. The van der Waals surface area contributed by atoms with E-state index in [1.807, 2.05) is 0 Å². The van der Waals surface area contributed by atoms with Crippen LogP contribution in [0.1, 0.15) is 13.3 Å². The van der Waals surface area contributed by atoms with Gasteiger partial charge in [-0.15, -0.1) is 5.10 Å². The topological polar surface area (TPSA) is 152 Å². The summed E-state index contributed by atoms with van der Waals surface area (Å²) in [5, 5.41) is 17.4. The van der Waals surface area contributed by atoms with Gasteiger partial charge in [-0.1, -0.05) is 0 Å². The molecule has 196 valence electrons. The molecule has 0 radical (unpaired) electrons. The summed E-state index contributed by atoms with van der Waals surface area (Å²) < 4.78 is 78.5. The Balaban J connectivity index is 1.70. The van der Waals surface area contributed by atoms with Crippen LogP contribution in [0.25, 0.3) is 0 Å². The Labute approximate surface area is 203 Å². The molecule has 3 atom stereocenters. The average molecular weight is 533 g/mol. The molecule has 1 aliphatic heterocycles. The maximum atomic E-state index is 13.7. The number of carbonyl (C=O) groups is 2. The lowest BCUT2D eigenvalue weighted by Gasteiger charge is -2.35. The van der Waals surface area contributed by atoms with E-state index in [-0.39, 0.29) is 43.2 Å². The highest BCUT2D eigenvalue weighted by molar-refractivity contribution is 7.93. The van der Waals surface area contributed by atoms with Crippen molar-refractivity contribution in [1.29, 1.82) is 0 Å². The largest absolute Gasteiger partial charge is 0.484 e. The molecule has 1 aromatic heterocycles. The van der Waals surface area contributed by atoms with Gasteiger partial charge < -0.3 is 19.9 Å². The van der Waals surface area contributed by atoms with Gasteiger partial charge in [0.25, 0.3) is 15.9 Å². The summed E-state index contributed by atoms with van der Waals surface area (Å²) in [5.41, 5.74) is -0.0603. The molecule has 0 bridgehead atoms. The Morgan fingerprint density at radius 1 is 1.36 bits per heavy atom. The van der Waals surface area contributed by atoms with Gasteiger partial charge in [0.2, 0.25) is 5.91 Å². The minimum Gasteiger partial charge on any atom is -0.484 e. The maximum absolute atomic E-state index is 13.7. The first-order valence-corrected chi connectivity index (χ1v) is 12.2. The van der Waals surface area contributed by atoms with Crippen molar-refractivity contribution < 1.29 is 45.8 Å². The van der Waals surface area contributed by atoms with E-state index in [4.69, 9.17) is 9.84 Å². The van der Waals surface area contributed by atoms with Crippen molar-refractivity contribution in [2.24, 2.45) is 5.92 Å². The third-order valence-electron chi connectivity index (χ3n) is 5.48. The number of carboxylic acid groups (broad SMARTS) is 1. The van der Waals surface area contributed by atoms with Crippen molar-refractivity contribution in [1.82, 2.24) is 15.1 Å². The first-order valence-electron chi connectivity index (χ1n) is 10.8. The number of rotatable bonds is 9. The summed E-state index contributed by atoms with van der Waals surface area (Å²) in [7, 11) is -4.61. The molecule has 0 saturated heterocycles. The fourth-order valence-electron chi connectivity index (χ4n) is 3.64. The van der Waals surface area contributed by atoms with Crippen LogP contribution in [0.2, 0.25) is 0 Å². The Bertz CT molecular complexity index is 1270. The number of nitrogens with zero attached hydrogens (tertiary/aromatic N) is 3. The molecule has 12 nitrogen and oxygen atoms in total. The smallest absolute Gasteiger partial charge is 0.409 e. The summed E-state index contributed by atoms with van der Waals surface area (Å²) in [6.45, 7) is -2.12. The normalized spacial score (nSPS) is 20.9. The molecule has 4 rings (SSSR count). The monoisotopic (exact) mass is 533 g/mol. The minimum absolute atomic E-state index is 0.0211. The first kappa shape index (κ1) is 25.4. The highest BCUT2D eigenvalue weighted by Crippen LogP contribution is 2.40. The highest BCUT2D eigenvalue weighted by Gasteiger charge is 2.44.